The fraction of sp³-hybridized carbons (Fsp3) is 0.238. The number of hydrogen-bond acceptors (Lipinski definition) is 6. The van der Waals surface area contributed by atoms with Gasteiger partial charge in [-0.1, -0.05) is 0 Å². The van der Waals surface area contributed by atoms with Gasteiger partial charge in [0.05, 0.1) is 0 Å². The molecule has 6 nitrogen and oxygen atoms in total. The van der Waals surface area contributed by atoms with Crippen LogP contribution >= 0.6 is 0 Å². The Labute approximate surface area is 157 Å². The number of oxazole rings is 2. The lowest BCUT2D eigenvalue weighted by atomic mass is 9.93. The lowest BCUT2D eigenvalue weighted by Crippen LogP contribution is -2.20. The largest absolute Gasteiger partial charge is 0.444 e. The summed E-state index contributed by atoms with van der Waals surface area (Å²) in [6.45, 7) is 7.81. The molecule has 0 unspecified atom stereocenters. The molecule has 0 saturated carbocycles. The molecule has 0 radical (unpaired) electrons. The molecule has 4 aromatic heterocycles. The maximum Gasteiger partial charge on any atom is 0.210 e. The first-order chi connectivity index (χ1) is 13.0. The van der Waals surface area contributed by atoms with Crippen molar-refractivity contribution in [1.82, 2.24) is 19.9 Å². The first-order valence-electron chi connectivity index (χ1n) is 8.73. The van der Waals surface area contributed by atoms with E-state index in [1.54, 1.807) is 24.8 Å². The fourth-order valence-electron chi connectivity index (χ4n) is 2.97. The van der Waals surface area contributed by atoms with Crippen molar-refractivity contribution in [2.75, 3.05) is 0 Å². The maximum absolute atomic E-state index is 6.00. The highest BCUT2D eigenvalue weighted by atomic mass is 16.4. The number of nitrogens with zero attached hydrogens (tertiary/aromatic N) is 4. The quantitative estimate of drug-likeness (QED) is 0.523. The molecule has 0 aliphatic rings. The van der Waals surface area contributed by atoms with Crippen molar-refractivity contribution in [1.29, 1.82) is 0 Å². The van der Waals surface area contributed by atoms with Gasteiger partial charge in [-0.05, 0) is 52.0 Å². The van der Waals surface area contributed by atoms with E-state index in [9.17, 15) is 0 Å². The Morgan fingerprint density at radius 3 is 1.41 bits per heavy atom. The normalized spacial score (nSPS) is 11.7. The molecule has 0 atom stereocenters. The average Bonchev–Trinajstić information content (AvgIpc) is 3.27. The van der Waals surface area contributed by atoms with Gasteiger partial charge in [0.25, 0.3) is 0 Å². The number of hydrogen-bond donors (Lipinski definition) is 0. The molecule has 0 aliphatic carbocycles. The number of aryl methyl sites for hydroxylation is 2. The Morgan fingerprint density at radius 2 is 1.04 bits per heavy atom. The second-order valence-electron chi connectivity index (χ2n) is 6.94. The molecule has 4 heterocycles. The predicted molar refractivity (Wildman–Crippen MR) is 101 cm³/mol. The Hall–Kier alpha value is -3.28. The van der Waals surface area contributed by atoms with Crippen LogP contribution in [-0.2, 0) is 5.41 Å². The molecule has 4 rings (SSSR count). The second-order valence-corrected chi connectivity index (χ2v) is 6.94. The molecular formula is C21H20N4O2. The number of rotatable bonds is 4. The number of aromatic nitrogens is 4. The Bertz CT molecular complexity index is 981. The molecule has 27 heavy (non-hydrogen) atoms. The Kier molecular flexibility index (Phi) is 4.11. The molecule has 136 valence electrons. The van der Waals surface area contributed by atoms with Crippen LogP contribution in [0.2, 0.25) is 0 Å². The maximum atomic E-state index is 6.00. The monoisotopic (exact) mass is 360 g/mol. The summed E-state index contributed by atoms with van der Waals surface area (Å²) in [7, 11) is 0. The molecule has 4 aromatic rings. The summed E-state index contributed by atoms with van der Waals surface area (Å²) in [6.07, 6.45) is 6.97. The molecule has 0 aliphatic heterocycles. The highest BCUT2D eigenvalue weighted by molar-refractivity contribution is 5.61. The second kappa shape index (κ2) is 6.46. The van der Waals surface area contributed by atoms with Gasteiger partial charge in [-0.3, -0.25) is 9.97 Å². The summed E-state index contributed by atoms with van der Waals surface area (Å²) < 4.78 is 12.0. The van der Waals surface area contributed by atoms with E-state index in [0.717, 1.165) is 34.0 Å². The first-order valence-corrected chi connectivity index (χ1v) is 8.73. The van der Waals surface area contributed by atoms with E-state index in [1.807, 2.05) is 52.0 Å². The molecule has 0 fully saturated rings. The lowest BCUT2D eigenvalue weighted by Gasteiger charge is -2.15. The van der Waals surface area contributed by atoms with Gasteiger partial charge < -0.3 is 8.83 Å². The summed E-state index contributed by atoms with van der Waals surface area (Å²) in [6, 6.07) is 7.66. The molecular weight excluding hydrogens is 340 g/mol. The van der Waals surface area contributed by atoms with Crippen molar-refractivity contribution >= 4 is 0 Å². The van der Waals surface area contributed by atoms with Gasteiger partial charge in [-0.15, -0.1) is 0 Å². The van der Waals surface area contributed by atoms with Crippen LogP contribution in [-0.4, -0.2) is 19.9 Å². The molecule has 0 N–H and O–H groups in total. The summed E-state index contributed by atoms with van der Waals surface area (Å²) in [5.74, 6) is 2.63. The van der Waals surface area contributed by atoms with Crippen LogP contribution in [0, 0.1) is 13.8 Å². The third-order valence-corrected chi connectivity index (χ3v) is 4.57. The van der Waals surface area contributed by atoms with E-state index < -0.39 is 5.41 Å². The van der Waals surface area contributed by atoms with Gasteiger partial charge in [-0.25, -0.2) is 9.97 Å². The lowest BCUT2D eigenvalue weighted by molar-refractivity contribution is 0.330. The zero-order valence-electron chi connectivity index (χ0n) is 15.7. The van der Waals surface area contributed by atoms with E-state index in [2.05, 4.69) is 9.97 Å². The van der Waals surface area contributed by atoms with Gasteiger partial charge in [0, 0.05) is 35.9 Å². The summed E-state index contributed by atoms with van der Waals surface area (Å²) in [5.41, 5.74) is 2.92. The van der Waals surface area contributed by atoms with E-state index in [-0.39, 0.29) is 0 Å². The molecule has 0 aromatic carbocycles. The summed E-state index contributed by atoms with van der Waals surface area (Å²) in [4.78, 5) is 17.6. The van der Waals surface area contributed by atoms with Gasteiger partial charge in [0.15, 0.2) is 0 Å². The Balaban J connectivity index is 1.75. The zero-order chi connectivity index (χ0) is 19.0. The van der Waals surface area contributed by atoms with Crippen LogP contribution < -0.4 is 0 Å². The van der Waals surface area contributed by atoms with Gasteiger partial charge >= 0.3 is 0 Å². The van der Waals surface area contributed by atoms with E-state index >= 15 is 0 Å². The number of pyridine rings is 2. The zero-order valence-corrected chi connectivity index (χ0v) is 15.7. The fourth-order valence-corrected chi connectivity index (χ4v) is 2.97. The average molecular weight is 360 g/mol. The third kappa shape index (κ3) is 3.03. The summed E-state index contributed by atoms with van der Waals surface area (Å²) >= 11 is 0. The van der Waals surface area contributed by atoms with Crippen LogP contribution in [0.25, 0.3) is 22.5 Å². The van der Waals surface area contributed by atoms with Crippen LogP contribution in [0.5, 0.6) is 0 Å². The molecule has 0 saturated heterocycles. The minimum atomic E-state index is -0.619. The molecule has 6 heteroatoms. The van der Waals surface area contributed by atoms with Crippen LogP contribution in [0.1, 0.15) is 37.1 Å². The van der Waals surface area contributed by atoms with E-state index in [0.29, 0.717) is 11.8 Å². The van der Waals surface area contributed by atoms with Crippen molar-refractivity contribution in [3.8, 4) is 22.5 Å². The SMILES string of the molecule is Cc1oc(C(C)(C)c2nc(-c3ccncc3)c(C)o2)nc1-c1ccncc1. The van der Waals surface area contributed by atoms with Crippen LogP contribution in [0.3, 0.4) is 0 Å². The smallest absolute Gasteiger partial charge is 0.210 e. The topological polar surface area (TPSA) is 77.8 Å². The van der Waals surface area contributed by atoms with Crippen LogP contribution in [0.15, 0.2) is 57.9 Å². The van der Waals surface area contributed by atoms with Crippen LogP contribution in [0.4, 0.5) is 0 Å². The predicted octanol–water partition coefficient (Wildman–Crippen LogP) is 4.73. The van der Waals surface area contributed by atoms with Crippen molar-refractivity contribution < 1.29 is 8.83 Å². The Morgan fingerprint density at radius 1 is 0.667 bits per heavy atom. The van der Waals surface area contributed by atoms with Gasteiger partial charge in [0.2, 0.25) is 11.8 Å². The highest BCUT2D eigenvalue weighted by Gasteiger charge is 2.35. The first kappa shape index (κ1) is 17.1. The van der Waals surface area contributed by atoms with Crippen molar-refractivity contribution in [3.63, 3.8) is 0 Å². The van der Waals surface area contributed by atoms with Gasteiger partial charge in [-0.2, -0.15) is 0 Å². The van der Waals surface area contributed by atoms with Gasteiger partial charge in [0.1, 0.15) is 28.3 Å². The van der Waals surface area contributed by atoms with Crippen molar-refractivity contribution in [2.24, 2.45) is 0 Å². The van der Waals surface area contributed by atoms with E-state index in [4.69, 9.17) is 18.8 Å². The van der Waals surface area contributed by atoms with Crippen molar-refractivity contribution in [3.05, 3.63) is 72.4 Å². The van der Waals surface area contributed by atoms with E-state index in [1.165, 1.54) is 0 Å². The molecule has 0 bridgehead atoms. The molecule has 0 spiro atoms. The highest BCUT2D eigenvalue weighted by Crippen LogP contribution is 2.36. The molecule has 0 amide bonds. The standard InChI is InChI=1S/C21H20N4O2/c1-13-17(15-5-9-22-10-6-15)24-19(26-13)21(3,4)20-25-18(14(2)27-20)16-7-11-23-12-8-16/h5-12H,1-4H3. The van der Waals surface area contributed by atoms with Crippen molar-refractivity contribution in [2.45, 2.75) is 33.1 Å². The summed E-state index contributed by atoms with van der Waals surface area (Å²) in [5, 5.41) is 0. The minimum Gasteiger partial charge on any atom is -0.444 e. The minimum absolute atomic E-state index is 0.564. The third-order valence-electron chi connectivity index (χ3n) is 4.57.